The minimum atomic E-state index is -0.320. The van der Waals surface area contributed by atoms with Crippen LogP contribution in [-0.4, -0.2) is 77.6 Å². The summed E-state index contributed by atoms with van der Waals surface area (Å²) in [6.45, 7) is 69.8. The Morgan fingerprint density at radius 3 is 0.728 bits per heavy atom. The molecular formula is C114H178O11. The number of phenols is 5. The summed E-state index contributed by atoms with van der Waals surface area (Å²) >= 11 is 0. The van der Waals surface area contributed by atoms with Crippen molar-refractivity contribution in [1.29, 1.82) is 0 Å². The van der Waals surface area contributed by atoms with Crippen molar-refractivity contribution in [3.8, 4) is 28.7 Å². The van der Waals surface area contributed by atoms with E-state index < -0.39 is 0 Å². The molecule has 0 bridgehead atoms. The molecule has 5 aromatic carbocycles. The third kappa shape index (κ3) is 25.0. The molecule has 0 spiro atoms. The van der Waals surface area contributed by atoms with Gasteiger partial charge in [-0.15, -0.1) is 0 Å². The van der Waals surface area contributed by atoms with E-state index in [1.54, 1.807) is 0 Å². The molecule has 15 rings (SSSR count). The fraction of sp³-hybridized carbons (Fsp3) is 0.737. The molecule has 0 aromatic heterocycles. The Bertz CT molecular complexity index is 3510. The van der Waals surface area contributed by atoms with Gasteiger partial charge in [0.15, 0.2) is 12.6 Å². The summed E-state index contributed by atoms with van der Waals surface area (Å²) in [6, 6.07) is 22.0. The van der Waals surface area contributed by atoms with Gasteiger partial charge in [-0.2, -0.15) is 0 Å². The Balaban J connectivity index is 0.000000152. The van der Waals surface area contributed by atoms with Crippen LogP contribution >= 0.6 is 0 Å². The summed E-state index contributed by atoms with van der Waals surface area (Å²) in [5, 5.41) is 54.5. The summed E-state index contributed by atoms with van der Waals surface area (Å²) in [7, 11) is 0. The summed E-state index contributed by atoms with van der Waals surface area (Å²) in [4.78, 5) is 0. The molecule has 4 heterocycles. The molecule has 6 aliphatic carbocycles. The molecule has 4 unspecified atom stereocenters. The van der Waals surface area contributed by atoms with E-state index in [0.717, 1.165) is 130 Å². The van der Waals surface area contributed by atoms with Crippen LogP contribution in [0.2, 0.25) is 0 Å². The van der Waals surface area contributed by atoms with Gasteiger partial charge in [-0.25, -0.2) is 0 Å². The average molecular weight is 1720 g/mol. The normalized spacial score (nSPS) is 25.7. The number of hydrogen-bond donors (Lipinski definition) is 5. The Morgan fingerprint density at radius 1 is 0.200 bits per heavy atom. The zero-order valence-corrected chi connectivity index (χ0v) is 84.6. The predicted octanol–water partition coefficient (Wildman–Crippen LogP) is 30.1. The molecule has 10 fully saturated rings. The summed E-state index contributed by atoms with van der Waals surface area (Å²) in [6.07, 6.45) is 31.1. The maximum absolute atomic E-state index is 10.9. The number of hydrogen-bond acceptors (Lipinski definition) is 11. The van der Waals surface area contributed by atoms with Gasteiger partial charge in [0, 0.05) is 29.2 Å². The quantitative estimate of drug-likeness (QED) is 0.0907. The van der Waals surface area contributed by atoms with E-state index in [4.69, 9.17) is 28.4 Å². The van der Waals surface area contributed by atoms with Crippen LogP contribution in [0.15, 0.2) is 60.7 Å². The minimum absolute atomic E-state index is 0.00807. The topological polar surface area (TPSA) is 157 Å². The van der Waals surface area contributed by atoms with E-state index in [-0.39, 0.29) is 78.8 Å². The highest BCUT2D eigenvalue weighted by molar-refractivity contribution is 5.55. The maximum Gasteiger partial charge on any atom is 0.183 e. The zero-order valence-electron chi connectivity index (χ0n) is 84.6. The highest BCUT2D eigenvalue weighted by atomic mass is 16.7. The average Bonchev–Trinajstić information content (AvgIpc) is 0.787. The standard InChI is InChI=1S/C24H38O.2C23H36O2.2C22H34O3/c1-23(2,3)20-14-19(15-21(22(20)25)24(4,5)6)18-12-10-17(11-13-18)16-8-7-9-16;1-22(2,3)18-12-17(13-19(21(18)24)23(4,5)6)16-10-11-20(25-14-16)15-8-7-9-15;1-22(2,3)18-12-17(13-19(21(18)24)23(4,5)6)20-11-10-16(14-25-20)15-8-7-9-15;1-21(2,3)17-10-15(11-18(19(17)23)22(4,5)6)16-12-24-20(25-13-16)14-8-7-9-14;1-21(2,3)17-10-15(11-18(19(17)23)22(4,5)6)20-24-12-16(13-25-20)14-8-7-9-14/h14-18,25H,7-13H2,1-6H3;2*12-13,15-16,20,24H,7-11,14H2,1-6H3;2*10-11,14,16,20,23H,7-9,12-13H2,1-6H3. The summed E-state index contributed by atoms with van der Waals surface area (Å²) < 4.78 is 36.9. The summed E-state index contributed by atoms with van der Waals surface area (Å²) in [5.74, 6) is 10.1. The van der Waals surface area contributed by atoms with Crippen LogP contribution in [0.5, 0.6) is 28.7 Å². The van der Waals surface area contributed by atoms with Crippen LogP contribution in [0.1, 0.15) is 469 Å². The van der Waals surface area contributed by atoms with Crippen molar-refractivity contribution in [3.63, 3.8) is 0 Å². The van der Waals surface area contributed by atoms with Crippen LogP contribution < -0.4 is 0 Å². The first kappa shape index (κ1) is 100. The highest BCUT2D eigenvalue weighted by Gasteiger charge is 2.42. The number of aromatic hydroxyl groups is 5. The van der Waals surface area contributed by atoms with Crippen LogP contribution in [0.4, 0.5) is 0 Å². The number of ether oxygens (including phenoxy) is 6. The molecule has 0 amide bonds. The van der Waals surface area contributed by atoms with E-state index in [1.807, 2.05) is 0 Å². The van der Waals surface area contributed by atoms with Crippen LogP contribution in [-0.2, 0) is 82.6 Å². The Hall–Kier alpha value is -5.14. The van der Waals surface area contributed by atoms with Gasteiger partial charge in [0.1, 0.15) is 28.7 Å². The van der Waals surface area contributed by atoms with Crippen molar-refractivity contribution in [2.75, 3.05) is 39.6 Å². The smallest absolute Gasteiger partial charge is 0.183 e. The fourth-order valence-corrected chi connectivity index (χ4v) is 21.0. The third-order valence-electron chi connectivity index (χ3n) is 30.7. The van der Waals surface area contributed by atoms with Gasteiger partial charge >= 0.3 is 0 Å². The van der Waals surface area contributed by atoms with Crippen molar-refractivity contribution in [3.05, 3.63) is 144 Å². The predicted molar refractivity (Wildman–Crippen MR) is 519 cm³/mol. The van der Waals surface area contributed by atoms with E-state index in [1.165, 1.54) is 164 Å². The molecule has 4 saturated heterocycles. The van der Waals surface area contributed by atoms with Gasteiger partial charge in [-0.05, 0) is 275 Å². The zero-order chi connectivity index (χ0) is 92.0. The molecule has 700 valence electrons. The van der Waals surface area contributed by atoms with Crippen molar-refractivity contribution in [2.45, 2.75) is 452 Å². The molecular weight excluding hydrogens is 1550 g/mol. The van der Waals surface area contributed by atoms with Crippen molar-refractivity contribution in [2.24, 2.45) is 47.3 Å². The van der Waals surface area contributed by atoms with Gasteiger partial charge in [0.2, 0.25) is 0 Å². The molecule has 0 radical (unpaired) electrons. The van der Waals surface area contributed by atoms with Crippen LogP contribution in [0.25, 0.3) is 0 Å². The number of phenolic OH excluding ortho intramolecular Hbond substituents is 5. The maximum atomic E-state index is 10.9. The first-order valence-corrected chi connectivity index (χ1v) is 49.9. The highest BCUT2D eigenvalue weighted by Crippen LogP contribution is 2.53. The van der Waals surface area contributed by atoms with Gasteiger partial charge in [0.25, 0.3) is 0 Å². The third-order valence-corrected chi connectivity index (χ3v) is 30.7. The summed E-state index contributed by atoms with van der Waals surface area (Å²) in [5.41, 5.74) is 15.9. The van der Waals surface area contributed by atoms with Gasteiger partial charge in [-0.1, -0.05) is 315 Å². The first-order chi connectivity index (χ1) is 57.9. The molecule has 4 aliphatic heterocycles. The van der Waals surface area contributed by atoms with Crippen molar-refractivity contribution < 1.29 is 54.0 Å². The molecule has 5 aromatic rings. The molecule has 11 heteroatoms. The number of benzene rings is 5. The monoisotopic (exact) mass is 1720 g/mol. The lowest BCUT2D eigenvalue weighted by Gasteiger charge is -2.39. The second-order valence-corrected chi connectivity index (χ2v) is 51.2. The molecule has 6 saturated carbocycles. The van der Waals surface area contributed by atoms with Gasteiger partial charge in [0.05, 0.1) is 51.8 Å². The SMILES string of the molecule is CC(C)(C)c1cc(C2CCC(C3CCC3)CC2)cc(C(C)(C)C)c1O.CC(C)(C)c1cc(C2CCC(C3CCC3)CO2)cc(C(C)(C)C)c1O.CC(C)(C)c1cc(C2CCC(C3CCC3)OC2)cc(C(C)(C)C)c1O.CC(C)(C)c1cc(C2COC(C3CCC3)OC2)cc(C(C)(C)C)c1O.CC(C)(C)c1cc(C2OCC(C3CCC3)CO2)cc(C(C)(C)C)c1O. The van der Waals surface area contributed by atoms with Crippen LogP contribution in [0, 0.1) is 47.3 Å². The Labute approximate surface area is 761 Å². The fourth-order valence-electron chi connectivity index (χ4n) is 21.0. The van der Waals surface area contributed by atoms with E-state index in [0.29, 0.717) is 71.7 Å². The first-order valence-electron chi connectivity index (χ1n) is 49.9. The van der Waals surface area contributed by atoms with E-state index in [2.05, 4.69) is 268 Å². The Morgan fingerprint density at radius 2 is 0.448 bits per heavy atom. The van der Waals surface area contributed by atoms with Crippen molar-refractivity contribution >= 4 is 0 Å². The lowest BCUT2D eigenvalue weighted by molar-refractivity contribution is -0.223. The van der Waals surface area contributed by atoms with E-state index in [9.17, 15) is 25.5 Å². The van der Waals surface area contributed by atoms with Gasteiger partial charge in [-0.3, -0.25) is 0 Å². The lowest BCUT2D eigenvalue weighted by Crippen LogP contribution is -2.38. The molecule has 10 aliphatic rings. The second kappa shape index (κ2) is 39.3. The molecule has 125 heavy (non-hydrogen) atoms. The number of rotatable bonds is 10. The molecule has 11 nitrogen and oxygen atoms in total. The van der Waals surface area contributed by atoms with E-state index >= 15 is 0 Å². The van der Waals surface area contributed by atoms with Crippen LogP contribution in [0.3, 0.4) is 0 Å². The molecule has 4 atom stereocenters. The molecule has 5 N–H and O–H groups in total. The van der Waals surface area contributed by atoms with Crippen molar-refractivity contribution in [1.82, 2.24) is 0 Å². The van der Waals surface area contributed by atoms with Gasteiger partial charge < -0.3 is 54.0 Å². The largest absolute Gasteiger partial charge is 0.507 e. The lowest BCUT2D eigenvalue weighted by atomic mass is 9.67. The Kier molecular flexibility index (Phi) is 31.6. The second-order valence-electron chi connectivity index (χ2n) is 51.2. The minimum Gasteiger partial charge on any atom is -0.507 e.